The number of hydrogen-bond acceptors (Lipinski definition) is 4. The lowest BCUT2D eigenvalue weighted by molar-refractivity contribution is -0.919. The lowest BCUT2D eigenvalue weighted by Gasteiger charge is -2.32. The molecule has 0 saturated heterocycles. The second kappa shape index (κ2) is 7.30. The monoisotopic (exact) mass is 393 g/mol. The van der Waals surface area contributed by atoms with Gasteiger partial charge in [0.1, 0.15) is 6.04 Å². The third kappa shape index (κ3) is 3.25. The molecule has 1 amide bonds. The van der Waals surface area contributed by atoms with Crippen LogP contribution in [0.1, 0.15) is 22.0 Å². The zero-order valence-corrected chi connectivity index (χ0v) is 16.1. The molecule has 1 unspecified atom stereocenters. The Morgan fingerprint density at radius 3 is 2.86 bits per heavy atom. The molecule has 1 aromatic heterocycles. The van der Waals surface area contributed by atoms with Gasteiger partial charge in [-0.05, 0) is 23.6 Å². The van der Waals surface area contributed by atoms with Gasteiger partial charge in [0.25, 0.3) is 5.91 Å². The topological polar surface area (TPSA) is 52.0 Å². The molecule has 3 aromatic rings. The largest absolute Gasteiger partial charge is 0.454 e. The molecule has 0 saturated carbocycles. The molecule has 2 aliphatic heterocycles. The highest BCUT2D eigenvalue weighted by Gasteiger charge is 2.34. The lowest BCUT2D eigenvalue weighted by atomic mass is 9.93. The lowest BCUT2D eigenvalue weighted by Crippen LogP contribution is -3.14. The zero-order chi connectivity index (χ0) is 18.9. The summed E-state index contributed by atoms with van der Waals surface area (Å²) in [4.78, 5) is 15.5. The predicted molar refractivity (Wildman–Crippen MR) is 108 cm³/mol. The van der Waals surface area contributed by atoms with Gasteiger partial charge in [0, 0.05) is 34.2 Å². The van der Waals surface area contributed by atoms with Crippen LogP contribution in [0.3, 0.4) is 0 Å². The van der Waals surface area contributed by atoms with Gasteiger partial charge in [0.15, 0.2) is 18.0 Å². The van der Waals surface area contributed by atoms with Gasteiger partial charge in [-0.25, -0.2) is 0 Å². The van der Waals surface area contributed by atoms with E-state index >= 15 is 0 Å². The van der Waals surface area contributed by atoms with E-state index in [1.54, 1.807) is 0 Å². The number of hydrogen-bond donors (Lipinski definition) is 2. The molecule has 0 bridgehead atoms. The number of thiophene rings is 1. The van der Waals surface area contributed by atoms with E-state index in [1.807, 2.05) is 35.6 Å². The van der Waals surface area contributed by atoms with Crippen molar-refractivity contribution in [3.8, 4) is 11.5 Å². The highest BCUT2D eigenvalue weighted by Crippen LogP contribution is 2.34. The number of carbonyl (C=O) groups excluding carboxylic acids is 1. The maximum atomic E-state index is 12.8. The van der Waals surface area contributed by atoms with E-state index in [-0.39, 0.29) is 18.7 Å². The third-order valence-electron chi connectivity index (χ3n) is 5.35. The van der Waals surface area contributed by atoms with Gasteiger partial charge in [-0.2, -0.15) is 0 Å². The number of amides is 1. The zero-order valence-electron chi connectivity index (χ0n) is 15.3. The summed E-state index contributed by atoms with van der Waals surface area (Å²) in [6.07, 6.45) is 1.02. The van der Waals surface area contributed by atoms with Crippen molar-refractivity contribution < 1.29 is 19.2 Å². The number of nitrogens with one attached hydrogen (secondary N) is 2. The van der Waals surface area contributed by atoms with E-state index in [2.05, 4.69) is 41.0 Å². The summed E-state index contributed by atoms with van der Waals surface area (Å²) in [6, 6.07) is 18.4. The van der Waals surface area contributed by atoms with Gasteiger partial charge < -0.3 is 19.7 Å². The molecule has 0 aliphatic carbocycles. The SMILES string of the molecule is O=C(C[NH+]1CCc2sccc2[C@@H]1c1ccccc1)Nc1ccc2c(c1)OCO2. The maximum Gasteiger partial charge on any atom is 0.279 e. The van der Waals surface area contributed by atoms with Gasteiger partial charge in [0.05, 0.1) is 6.54 Å². The fraction of sp³-hybridized carbons (Fsp3) is 0.227. The van der Waals surface area contributed by atoms with Crippen molar-refractivity contribution in [2.24, 2.45) is 0 Å². The van der Waals surface area contributed by atoms with Gasteiger partial charge in [-0.3, -0.25) is 4.79 Å². The number of benzene rings is 2. The molecule has 0 radical (unpaired) electrons. The minimum atomic E-state index is 0.00785. The van der Waals surface area contributed by atoms with Crippen LogP contribution in [0.4, 0.5) is 5.69 Å². The van der Waals surface area contributed by atoms with Crippen molar-refractivity contribution in [3.63, 3.8) is 0 Å². The number of carbonyl (C=O) groups is 1. The van der Waals surface area contributed by atoms with Crippen molar-refractivity contribution in [3.05, 3.63) is 76.0 Å². The first-order valence-electron chi connectivity index (χ1n) is 9.43. The maximum absolute atomic E-state index is 12.8. The molecule has 2 N–H and O–H groups in total. The first-order chi connectivity index (χ1) is 13.8. The van der Waals surface area contributed by atoms with E-state index in [4.69, 9.17) is 9.47 Å². The Kier molecular flexibility index (Phi) is 4.50. The smallest absolute Gasteiger partial charge is 0.279 e. The molecule has 3 heterocycles. The van der Waals surface area contributed by atoms with Crippen LogP contribution in [-0.2, 0) is 11.2 Å². The van der Waals surface area contributed by atoms with E-state index in [0.717, 1.165) is 18.7 Å². The number of quaternary nitrogens is 1. The minimum absolute atomic E-state index is 0.00785. The van der Waals surface area contributed by atoms with Crippen LogP contribution < -0.4 is 19.7 Å². The van der Waals surface area contributed by atoms with Crippen LogP contribution >= 0.6 is 11.3 Å². The minimum Gasteiger partial charge on any atom is -0.454 e. The Hall–Kier alpha value is -2.83. The summed E-state index contributed by atoms with van der Waals surface area (Å²) in [6.45, 7) is 1.59. The van der Waals surface area contributed by atoms with Crippen LogP contribution in [0.15, 0.2) is 60.0 Å². The Morgan fingerprint density at radius 2 is 1.96 bits per heavy atom. The van der Waals surface area contributed by atoms with E-state index < -0.39 is 0 Å². The summed E-state index contributed by atoms with van der Waals surface area (Å²) < 4.78 is 10.7. The molecule has 28 heavy (non-hydrogen) atoms. The molecule has 2 atom stereocenters. The molecule has 142 valence electrons. The first-order valence-corrected chi connectivity index (χ1v) is 10.3. The molecule has 5 rings (SSSR count). The molecule has 0 spiro atoms. The first kappa shape index (κ1) is 17.3. The normalized spacial score (nSPS) is 19.9. The standard InChI is InChI=1S/C22H20N2O3S/c25-21(23-16-6-7-18-19(12-16)27-14-26-18)13-24-10-8-20-17(9-11-28-20)22(24)15-4-2-1-3-5-15/h1-7,9,11-12,22H,8,10,13-14H2,(H,23,25)/p+1/t22-/m0/s1. The molecule has 5 nitrogen and oxygen atoms in total. The second-order valence-electron chi connectivity index (χ2n) is 7.09. The number of ether oxygens (including phenoxy) is 2. The van der Waals surface area contributed by atoms with Crippen molar-refractivity contribution in [2.75, 3.05) is 25.2 Å². The van der Waals surface area contributed by atoms with Gasteiger partial charge in [-0.15, -0.1) is 11.3 Å². The second-order valence-corrected chi connectivity index (χ2v) is 8.09. The van der Waals surface area contributed by atoms with E-state index in [0.29, 0.717) is 18.0 Å². The molecule has 2 aromatic carbocycles. The van der Waals surface area contributed by atoms with Crippen LogP contribution in [0, 0.1) is 0 Å². The summed E-state index contributed by atoms with van der Waals surface area (Å²) in [5, 5.41) is 5.18. The summed E-state index contributed by atoms with van der Waals surface area (Å²) in [7, 11) is 0. The number of anilines is 1. The van der Waals surface area contributed by atoms with Crippen molar-refractivity contribution in [1.82, 2.24) is 0 Å². The molecular weight excluding hydrogens is 372 g/mol. The summed E-state index contributed by atoms with van der Waals surface area (Å²) in [5.41, 5.74) is 3.35. The molecule has 0 fully saturated rings. The average Bonchev–Trinajstić information content (AvgIpc) is 3.37. The van der Waals surface area contributed by atoms with Gasteiger partial charge in [0.2, 0.25) is 6.79 Å². The molecule has 2 aliphatic rings. The predicted octanol–water partition coefficient (Wildman–Crippen LogP) is 2.65. The van der Waals surface area contributed by atoms with Crippen LogP contribution in [-0.4, -0.2) is 25.8 Å². The molecule has 6 heteroatoms. The van der Waals surface area contributed by atoms with Gasteiger partial charge in [-0.1, -0.05) is 30.3 Å². The molecular formula is C22H21N2O3S+. The quantitative estimate of drug-likeness (QED) is 0.717. The number of fused-ring (bicyclic) bond motifs is 2. The van der Waals surface area contributed by atoms with Crippen LogP contribution in [0.5, 0.6) is 11.5 Å². The Morgan fingerprint density at radius 1 is 1.11 bits per heavy atom. The summed E-state index contributed by atoms with van der Waals surface area (Å²) in [5.74, 6) is 1.40. The highest BCUT2D eigenvalue weighted by molar-refractivity contribution is 7.10. The fourth-order valence-corrected chi connectivity index (χ4v) is 5.01. The third-order valence-corrected chi connectivity index (χ3v) is 6.35. The summed E-state index contributed by atoms with van der Waals surface area (Å²) >= 11 is 1.82. The van der Waals surface area contributed by atoms with Gasteiger partial charge >= 0.3 is 0 Å². The average molecular weight is 393 g/mol. The Bertz CT molecular complexity index is 1000. The van der Waals surface area contributed by atoms with Crippen LogP contribution in [0.2, 0.25) is 0 Å². The van der Waals surface area contributed by atoms with Crippen LogP contribution in [0.25, 0.3) is 0 Å². The van der Waals surface area contributed by atoms with E-state index in [9.17, 15) is 4.79 Å². The van der Waals surface area contributed by atoms with E-state index in [1.165, 1.54) is 20.9 Å². The van der Waals surface area contributed by atoms with Crippen molar-refractivity contribution in [2.45, 2.75) is 12.5 Å². The van der Waals surface area contributed by atoms with Crippen molar-refractivity contribution >= 4 is 22.9 Å². The Balaban J connectivity index is 1.35. The van der Waals surface area contributed by atoms with Crippen molar-refractivity contribution in [1.29, 1.82) is 0 Å². The Labute approximate surface area is 167 Å². The fourth-order valence-electron chi connectivity index (χ4n) is 4.09. The number of rotatable bonds is 4. The highest BCUT2D eigenvalue weighted by atomic mass is 32.1.